The third-order valence-electron chi connectivity index (χ3n) is 4.97. The number of urea groups is 1. The predicted octanol–water partition coefficient (Wildman–Crippen LogP) is 2.57. The molecule has 1 aliphatic heterocycles. The third kappa shape index (κ3) is 5.40. The van der Waals surface area contributed by atoms with Gasteiger partial charge < -0.3 is 30.4 Å². The van der Waals surface area contributed by atoms with Crippen LogP contribution in [0.5, 0.6) is 5.75 Å². The average Bonchev–Trinajstić information content (AvgIpc) is 3.42. The maximum absolute atomic E-state index is 13.8. The molecule has 0 fully saturated rings. The number of aromatic nitrogens is 3. The van der Waals surface area contributed by atoms with Crippen molar-refractivity contribution in [2.45, 2.75) is 31.7 Å². The summed E-state index contributed by atoms with van der Waals surface area (Å²) in [5, 5.41) is 13.7. The van der Waals surface area contributed by atoms with Crippen molar-refractivity contribution in [1.82, 2.24) is 25.5 Å². The van der Waals surface area contributed by atoms with Crippen molar-refractivity contribution in [3.05, 3.63) is 70.8 Å². The number of benzene rings is 1. The van der Waals surface area contributed by atoms with Crippen molar-refractivity contribution in [1.29, 1.82) is 0 Å². The first-order chi connectivity index (χ1) is 16.9. The number of nitrogens with zero attached hydrogens (tertiary/aromatic N) is 3. The number of para-hydroxylation sites is 1. The van der Waals surface area contributed by atoms with E-state index in [4.69, 9.17) is 19.7 Å². The number of thioether (sulfide) groups is 1. The van der Waals surface area contributed by atoms with Gasteiger partial charge in [-0.05, 0) is 38.1 Å². The van der Waals surface area contributed by atoms with Crippen LogP contribution in [0.2, 0.25) is 0 Å². The van der Waals surface area contributed by atoms with Crippen molar-refractivity contribution >= 4 is 23.8 Å². The van der Waals surface area contributed by atoms with Crippen LogP contribution in [0.15, 0.2) is 57.2 Å². The van der Waals surface area contributed by atoms with Gasteiger partial charge in [-0.2, -0.15) is 0 Å². The minimum atomic E-state index is -0.826. The first-order valence-electron chi connectivity index (χ1n) is 10.6. The van der Waals surface area contributed by atoms with Crippen LogP contribution < -0.4 is 21.2 Å². The Kier molecular flexibility index (Phi) is 7.25. The first-order valence-corrected chi connectivity index (χ1v) is 11.6. The Morgan fingerprint density at radius 2 is 2.09 bits per heavy atom. The number of aryl methyl sites for hydroxylation is 1. The fourth-order valence-corrected chi connectivity index (χ4v) is 4.19. The highest BCUT2D eigenvalue weighted by atomic mass is 32.2. The van der Waals surface area contributed by atoms with Crippen LogP contribution in [0.4, 0.5) is 9.18 Å². The Morgan fingerprint density at radius 1 is 1.29 bits per heavy atom. The highest BCUT2D eigenvalue weighted by Gasteiger charge is 2.35. The van der Waals surface area contributed by atoms with E-state index in [0.29, 0.717) is 22.4 Å². The molecule has 0 saturated carbocycles. The zero-order chi connectivity index (χ0) is 24.9. The number of ether oxygens (including phenoxy) is 2. The maximum atomic E-state index is 13.8. The molecule has 1 unspecified atom stereocenters. The topological polar surface area (TPSA) is 147 Å². The van der Waals surface area contributed by atoms with Crippen LogP contribution >= 0.6 is 11.8 Å². The van der Waals surface area contributed by atoms with Gasteiger partial charge in [0.2, 0.25) is 5.16 Å². The van der Waals surface area contributed by atoms with E-state index in [1.807, 2.05) is 0 Å². The second-order valence-electron chi connectivity index (χ2n) is 7.37. The summed E-state index contributed by atoms with van der Waals surface area (Å²) in [5.41, 5.74) is 0.530. The SMILES string of the molecule is CCOC(=O)C1=C(CSc2nnc(COc3ccccc3F)n2N)NC(=O)NC1c1ccc(C)o1. The Balaban J connectivity index is 1.54. The molecular weight excluding hydrogens is 479 g/mol. The van der Waals surface area contributed by atoms with Crippen molar-refractivity contribution in [3.8, 4) is 5.75 Å². The molecule has 0 spiro atoms. The molecule has 1 atom stereocenters. The van der Waals surface area contributed by atoms with E-state index >= 15 is 0 Å². The third-order valence-corrected chi connectivity index (χ3v) is 5.94. The van der Waals surface area contributed by atoms with Crippen molar-refractivity contribution in [3.63, 3.8) is 0 Å². The first kappa shape index (κ1) is 24.1. The van der Waals surface area contributed by atoms with E-state index in [0.717, 1.165) is 11.8 Å². The summed E-state index contributed by atoms with van der Waals surface area (Å²) in [4.78, 5) is 25.2. The number of carbonyl (C=O) groups excluding carboxylic acids is 2. The minimum absolute atomic E-state index is 0.0607. The summed E-state index contributed by atoms with van der Waals surface area (Å²) in [6.45, 7) is 3.50. The van der Waals surface area contributed by atoms with Crippen molar-refractivity contribution in [2.24, 2.45) is 0 Å². The summed E-state index contributed by atoms with van der Waals surface area (Å²) in [5.74, 6) is 6.46. The predicted molar refractivity (Wildman–Crippen MR) is 123 cm³/mol. The fourth-order valence-electron chi connectivity index (χ4n) is 3.35. The second kappa shape index (κ2) is 10.5. The molecule has 0 radical (unpaired) electrons. The van der Waals surface area contributed by atoms with Gasteiger partial charge in [-0.1, -0.05) is 23.9 Å². The number of nitrogens with two attached hydrogens (primary N) is 1. The van der Waals surface area contributed by atoms with Crippen LogP contribution in [-0.4, -0.2) is 39.2 Å². The number of esters is 1. The Morgan fingerprint density at radius 3 is 2.80 bits per heavy atom. The Labute approximate surface area is 203 Å². The molecule has 13 heteroatoms. The summed E-state index contributed by atoms with van der Waals surface area (Å²) >= 11 is 1.14. The van der Waals surface area contributed by atoms with Gasteiger partial charge in [-0.15, -0.1) is 10.2 Å². The molecule has 1 aromatic carbocycles. The highest BCUT2D eigenvalue weighted by Crippen LogP contribution is 2.31. The molecule has 3 heterocycles. The molecule has 35 heavy (non-hydrogen) atoms. The molecule has 0 aliphatic carbocycles. The molecule has 184 valence electrons. The molecule has 2 amide bonds. The fraction of sp³-hybridized carbons (Fsp3) is 0.273. The smallest absolute Gasteiger partial charge is 0.338 e. The number of furan rings is 1. The number of halogens is 1. The second-order valence-corrected chi connectivity index (χ2v) is 8.31. The lowest BCUT2D eigenvalue weighted by Gasteiger charge is -2.27. The van der Waals surface area contributed by atoms with Crippen LogP contribution in [0, 0.1) is 12.7 Å². The number of hydrogen-bond donors (Lipinski definition) is 3. The number of carbonyl (C=O) groups is 2. The summed E-state index contributed by atoms with van der Waals surface area (Å²) in [7, 11) is 0. The highest BCUT2D eigenvalue weighted by molar-refractivity contribution is 7.99. The lowest BCUT2D eigenvalue weighted by molar-refractivity contribution is -0.139. The normalized spacial score (nSPS) is 15.5. The average molecular weight is 503 g/mol. The van der Waals surface area contributed by atoms with E-state index in [2.05, 4.69) is 20.8 Å². The summed E-state index contributed by atoms with van der Waals surface area (Å²) < 4.78 is 31.3. The van der Waals surface area contributed by atoms with Gasteiger partial charge in [0.15, 0.2) is 17.4 Å². The largest absolute Gasteiger partial charge is 0.482 e. The molecule has 0 bridgehead atoms. The van der Waals surface area contributed by atoms with Gasteiger partial charge in [0.1, 0.15) is 24.2 Å². The monoisotopic (exact) mass is 502 g/mol. The zero-order valence-electron chi connectivity index (χ0n) is 18.9. The quantitative estimate of drug-likeness (QED) is 0.228. The molecule has 2 aromatic heterocycles. The zero-order valence-corrected chi connectivity index (χ0v) is 19.7. The van der Waals surface area contributed by atoms with Gasteiger partial charge in [0.05, 0.1) is 12.2 Å². The van der Waals surface area contributed by atoms with E-state index < -0.39 is 23.9 Å². The molecular formula is C22H23FN6O5S. The van der Waals surface area contributed by atoms with Gasteiger partial charge in [-0.25, -0.2) is 18.7 Å². The van der Waals surface area contributed by atoms with E-state index in [-0.39, 0.29) is 36.1 Å². The number of nitrogen functional groups attached to an aromatic ring is 1. The van der Waals surface area contributed by atoms with E-state index in [9.17, 15) is 14.0 Å². The summed E-state index contributed by atoms with van der Waals surface area (Å²) in [6, 6.07) is 8.07. The number of hydrogen-bond acceptors (Lipinski definition) is 9. The van der Waals surface area contributed by atoms with Crippen LogP contribution in [0.1, 0.15) is 30.3 Å². The van der Waals surface area contributed by atoms with Crippen molar-refractivity contribution in [2.75, 3.05) is 18.2 Å². The molecule has 11 nitrogen and oxygen atoms in total. The number of rotatable bonds is 9. The van der Waals surface area contributed by atoms with Gasteiger partial charge in [0.25, 0.3) is 0 Å². The van der Waals surface area contributed by atoms with Gasteiger partial charge >= 0.3 is 12.0 Å². The number of amides is 2. The van der Waals surface area contributed by atoms with Crippen LogP contribution in [0.25, 0.3) is 0 Å². The molecule has 4 rings (SSSR count). The van der Waals surface area contributed by atoms with Crippen LogP contribution in [0.3, 0.4) is 0 Å². The molecule has 1 aliphatic rings. The molecule has 4 N–H and O–H groups in total. The van der Waals surface area contributed by atoms with Gasteiger partial charge in [-0.3, -0.25) is 0 Å². The number of nitrogens with one attached hydrogen (secondary N) is 2. The van der Waals surface area contributed by atoms with E-state index in [1.165, 1.54) is 16.8 Å². The lowest BCUT2D eigenvalue weighted by atomic mass is 10.0. The Hall–Kier alpha value is -4.00. The summed E-state index contributed by atoms with van der Waals surface area (Å²) in [6.07, 6.45) is 0. The standard InChI is InChI=1S/C22H23FN6O5S/c1-3-32-20(30)18-14(25-21(31)26-19(18)16-9-8-12(2)34-16)11-35-22-28-27-17(29(22)24)10-33-15-7-5-4-6-13(15)23/h4-9,19H,3,10-11,24H2,1-2H3,(H2,25,26,31). The van der Waals surface area contributed by atoms with Crippen LogP contribution in [-0.2, 0) is 16.1 Å². The molecule has 3 aromatic rings. The van der Waals surface area contributed by atoms with Crippen molar-refractivity contribution < 1.29 is 27.9 Å². The van der Waals surface area contributed by atoms with E-state index in [1.54, 1.807) is 38.1 Å². The maximum Gasteiger partial charge on any atom is 0.338 e. The van der Waals surface area contributed by atoms with Gasteiger partial charge in [0, 0.05) is 11.4 Å². The minimum Gasteiger partial charge on any atom is -0.482 e. The Bertz CT molecular complexity index is 1270. The lowest BCUT2D eigenvalue weighted by Crippen LogP contribution is -2.46. The molecule has 0 saturated heterocycles.